The first-order valence-electron chi connectivity index (χ1n) is 10.4. The summed E-state index contributed by atoms with van der Waals surface area (Å²) in [5.41, 5.74) is 5.04. The second-order valence-corrected chi connectivity index (χ2v) is 7.84. The van der Waals surface area contributed by atoms with E-state index in [1.54, 1.807) is 0 Å². The number of aromatic nitrogens is 3. The Hall–Kier alpha value is -3.58. The van der Waals surface area contributed by atoms with Gasteiger partial charge in [0.15, 0.2) is 5.65 Å². The summed E-state index contributed by atoms with van der Waals surface area (Å²) in [6, 6.07) is 20.2. The van der Waals surface area contributed by atoms with Gasteiger partial charge in [-0.3, -0.25) is 0 Å². The Balaban J connectivity index is 1.35. The minimum Gasteiger partial charge on any atom is -0.493 e. The predicted molar refractivity (Wildman–Crippen MR) is 121 cm³/mol. The molecule has 0 unspecified atom stereocenters. The largest absolute Gasteiger partial charge is 0.493 e. The summed E-state index contributed by atoms with van der Waals surface area (Å²) < 4.78 is 13.3. The van der Waals surface area contributed by atoms with Crippen LogP contribution in [0, 0.1) is 0 Å². The van der Waals surface area contributed by atoms with Gasteiger partial charge in [-0.25, -0.2) is 4.52 Å². The highest BCUT2D eigenvalue weighted by Gasteiger charge is 2.15. The first-order valence-corrected chi connectivity index (χ1v) is 10.4. The van der Waals surface area contributed by atoms with Crippen molar-refractivity contribution >= 4 is 17.3 Å². The van der Waals surface area contributed by atoms with E-state index in [9.17, 15) is 0 Å². The van der Waals surface area contributed by atoms with Gasteiger partial charge in [0, 0.05) is 24.2 Å². The molecule has 0 atom stereocenters. The molecule has 2 aromatic heterocycles. The fraction of sp³-hybridized carbons (Fsp3) is 0.250. The van der Waals surface area contributed by atoms with E-state index in [0.29, 0.717) is 12.6 Å². The lowest BCUT2D eigenvalue weighted by Crippen LogP contribution is -2.19. The highest BCUT2D eigenvalue weighted by Crippen LogP contribution is 2.31. The normalized spacial score (nSPS) is 12.7. The van der Waals surface area contributed by atoms with Crippen molar-refractivity contribution < 1.29 is 9.47 Å². The van der Waals surface area contributed by atoms with Crippen LogP contribution in [0.3, 0.4) is 0 Å². The molecule has 3 heterocycles. The summed E-state index contributed by atoms with van der Waals surface area (Å²) in [5, 5.41) is 7.98. The fourth-order valence-electron chi connectivity index (χ4n) is 3.63. The van der Waals surface area contributed by atoms with E-state index in [-0.39, 0.29) is 0 Å². The molecule has 5 rings (SSSR count). The molecular formula is C24H25N5O2. The van der Waals surface area contributed by atoms with Crippen LogP contribution in [0.5, 0.6) is 11.5 Å². The SMILES string of the molecule is CN(C)CCOc1ccc(Nc2nc3cccc(-c4ccc5c(c4)CCO5)n3n2)cc1. The standard InChI is InChI=1S/C24H25N5O2/c1-28(2)13-15-30-20-9-7-19(8-10-20)25-24-26-23-5-3-4-21(29(23)27-24)17-6-11-22-18(16-17)12-14-31-22/h3-11,16H,12-15H2,1-2H3,(H,25,27). The molecule has 1 N–H and O–H groups in total. The highest BCUT2D eigenvalue weighted by molar-refractivity contribution is 5.67. The van der Waals surface area contributed by atoms with E-state index in [4.69, 9.17) is 14.6 Å². The number of likely N-dealkylation sites (N-methyl/N-ethyl adjacent to an activating group) is 1. The maximum Gasteiger partial charge on any atom is 0.247 e. The van der Waals surface area contributed by atoms with E-state index < -0.39 is 0 Å². The quantitative estimate of drug-likeness (QED) is 0.492. The summed E-state index contributed by atoms with van der Waals surface area (Å²) >= 11 is 0. The minimum absolute atomic E-state index is 0.554. The zero-order chi connectivity index (χ0) is 21.2. The van der Waals surface area contributed by atoms with Crippen molar-refractivity contribution in [2.75, 3.05) is 39.2 Å². The third-order valence-electron chi connectivity index (χ3n) is 5.26. The van der Waals surface area contributed by atoms with Crippen LogP contribution in [0.1, 0.15) is 5.56 Å². The molecule has 31 heavy (non-hydrogen) atoms. The third kappa shape index (κ3) is 4.18. The molecule has 158 valence electrons. The minimum atomic E-state index is 0.554. The highest BCUT2D eigenvalue weighted by atomic mass is 16.5. The maximum absolute atomic E-state index is 5.75. The van der Waals surface area contributed by atoms with Gasteiger partial charge in [0.05, 0.1) is 12.3 Å². The molecule has 1 aliphatic heterocycles. The lowest BCUT2D eigenvalue weighted by molar-refractivity contribution is 0.261. The van der Waals surface area contributed by atoms with E-state index in [2.05, 4.69) is 33.4 Å². The maximum atomic E-state index is 5.75. The number of hydrogen-bond acceptors (Lipinski definition) is 6. The van der Waals surface area contributed by atoms with E-state index >= 15 is 0 Å². The van der Waals surface area contributed by atoms with Crippen LogP contribution in [0.4, 0.5) is 11.6 Å². The van der Waals surface area contributed by atoms with Gasteiger partial charge in [-0.05, 0) is 74.3 Å². The van der Waals surface area contributed by atoms with Gasteiger partial charge in [0.1, 0.15) is 18.1 Å². The van der Waals surface area contributed by atoms with Crippen molar-refractivity contribution in [3.05, 3.63) is 66.2 Å². The van der Waals surface area contributed by atoms with Gasteiger partial charge < -0.3 is 19.7 Å². The Bertz CT molecular complexity index is 1200. The molecule has 7 nitrogen and oxygen atoms in total. The van der Waals surface area contributed by atoms with E-state index in [1.165, 1.54) is 5.56 Å². The smallest absolute Gasteiger partial charge is 0.247 e. The first kappa shape index (κ1) is 19.4. The molecule has 0 fully saturated rings. The number of benzene rings is 2. The molecular weight excluding hydrogens is 390 g/mol. The van der Waals surface area contributed by atoms with Crippen LogP contribution in [0.2, 0.25) is 0 Å². The second-order valence-electron chi connectivity index (χ2n) is 7.84. The molecule has 0 saturated carbocycles. The van der Waals surface area contributed by atoms with Crippen LogP contribution in [0.15, 0.2) is 60.7 Å². The van der Waals surface area contributed by atoms with Crippen LogP contribution < -0.4 is 14.8 Å². The molecule has 4 aromatic rings. The Morgan fingerprint density at radius 2 is 1.97 bits per heavy atom. The second kappa shape index (κ2) is 8.28. The number of fused-ring (bicyclic) bond motifs is 2. The summed E-state index contributed by atoms with van der Waals surface area (Å²) in [7, 11) is 4.06. The summed E-state index contributed by atoms with van der Waals surface area (Å²) in [5.74, 6) is 2.38. The van der Waals surface area contributed by atoms with E-state index in [1.807, 2.05) is 61.1 Å². The number of nitrogens with zero attached hydrogens (tertiary/aromatic N) is 4. The van der Waals surface area contributed by atoms with Crippen LogP contribution in [0.25, 0.3) is 16.9 Å². The van der Waals surface area contributed by atoms with Gasteiger partial charge in [-0.1, -0.05) is 6.07 Å². The Morgan fingerprint density at radius 3 is 2.81 bits per heavy atom. The molecule has 7 heteroatoms. The number of anilines is 2. The first-order chi connectivity index (χ1) is 15.2. The zero-order valence-corrected chi connectivity index (χ0v) is 17.7. The fourth-order valence-corrected chi connectivity index (χ4v) is 3.63. The molecule has 1 aliphatic rings. The van der Waals surface area contributed by atoms with Gasteiger partial charge in [0.25, 0.3) is 0 Å². The van der Waals surface area contributed by atoms with Crippen LogP contribution in [-0.2, 0) is 6.42 Å². The molecule has 0 radical (unpaired) electrons. The Kier molecular flexibility index (Phi) is 5.18. The van der Waals surface area contributed by atoms with E-state index in [0.717, 1.165) is 53.7 Å². The van der Waals surface area contributed by atoms with Crippen LogP contribution >= 0.6 is 0 Å². The zero-order valence-electron chi connectivity index (χ0n) is 17.7. The number of pyridine rings is 1. The lowest BCUT2D eigenvalue weighted by Gasteiger charge is -2.11. The average molecular weight is 415 g/mol. The average Bonchev–Trinajstić information content (AvgIpc) is 3.40. The summed E-state index contributed by atoms with van der Waals surface area (Å²) in [4.78, 5) is 6.73. The van der Waals surface area contributed by atoms with Crippen LogP contribution in [-0.4, -0.2) is 53.4 Å². The summed E-state index contributed by atoms with van der Waals surface area (Å²) in [6.45, 7) is 2.29. The van der Waals surface area contributed by atoms with Crippen molar-refractivity contribution in [3.8, 4) is 22.8 Å². The molecule has 0 saturated heterocycles. The third-order valence-corrected chi connectivity index (χ3v) is 5.26. The number of nitrogens with one attached hydrogen (secondary N) is 1. The monoisotopic (exact) mass is 415 g/mol. The molecule has 2 aromatic carbocycles. The van der Waals surface area contributed by atoms with Gasteiger partial charge >= 0.3 is 0 Å². The van der Waals surface area contributed by atoms with Crippen molar-refractivity contribution in [1.82, 2.24) is 19.5 Å². The Labute approximate surface area is 181 Å². The topological polar surface area (TPSA) is 63.9 Å². The lowest BCUT2D eigenvalue weighted by atomic mass is 10.1. The predicted octanol–water partition coefficient (Wildman–Crippen LogP) is 4.02. The van der Waals surface area contributed by atoms with Gasteiger partial charge in [-0.15, -0.1) is 5.10 Å². The molecule has 0 aliphatic carbocycles. The molecule has 0 amide bonds. The molecule has 0 spiro atoms. The number of hydrogen-bond donors (Lipinski definition) is 1. The van der Waals surface area contributed by atoms with Gasteiger partial charge in [-0.2, -0.15) is 4.98 Å². The van der Waals surface area contributed by atoms with Crippen molar-refractivity contribution in [2.45, 2.75) is 6.42 Å². The van der Waals surface area contributed by atoms with Crippen molar-refractivity contribution in [2.24, 2.45) is 0 Å². The van der Waals surface area contributed by atoms with Crippen molar-refractivity contribution in [1.29, 1.82) is 0 Å². The molecule has 0 bridgehead atoms. The van der Waals surface area contributed by atoms with Gasteiger partial charge in [0.2, 0.25) is 5.95 Å². The van der Waals surface area contributed by atoms with Crippen molar-refractivity contribution in [3.63, 3.8) is 0 Å². The summed E-state index contributed by atoms with van der Waals surface area (Å²) in [6.07, 6.45) is 0.943. The Morgan fingerprint density at radius 1 is 1.10 bits per heavy atom. The number of rotatable bonds is 7. The number of ether oxygens (including phenoxy) is 2.